The molecule has 0 aromatic heterocycles. The smallest absolute Gasteiger partial charge is 0.123 e. The monoisotopic (exact) mass is 251 g/mol. The van der Waals surface area contributed by atoms with E-state index in [-0.39, 0.29) is 12.6 Å². The van der Waals surface area contributed by atoms with Gasteiger partial charge in [0.1, 0.15) is 5.75 Å². The second-order valence-electron chi connectivity index (χ2n) is 4.99. The van der Waals surface area contributed by atoms with Crippen molar-refractivity contribution < 1.29 is 9.84 Å². The van der Waals surface area contributed by atoms with Gasteiger partial charge in [0.15, 0.2) is 0 Å². The molecule has 0 aliphatic heterocycles. The summed E-state index contributed by atoms with van der Waals surface area (Å²) >= 11 is 0. The van der Waals surface area contributed by atoms with Gasteiger partial charge in [-0.25, -0.2) is 0 Å². The largest absolute Gasteiger partial charge is 0.496 e. The molecule has 0 amide bonds. The molecule has 0 radical (unpaired) electrons. The van der Waals surface area contributed by atoms with Crippen molar-refractivity contribution in [3.63, 3.8) is 0 Å². The summed E-state index contributed by atoms with van der Waals surface area (Å²) < 4.78 is 5.42. The Kier molecular flexibility index (Phi) is 6.16. The van der Waals surface area contributed by atoms with Gasteiger partial charge in [-0.05, 0) is 44.4 Å². The van der Waals surface area contributed by atoms with Gasteiger partial charge in [0.25, 0.3) is 0 Å². The summed E-state index contributed by atoms with van der Waals surface area (Å²) in [5.74, 6) is 1.42. The lowest BCUT2D eigenvalue weighted by Crippen LogP contribution is -2.25. The Morgan fingerprint density at radius 2 is 2.06 bits per heavy atom. The molecule has 0 spiro atoms. The minimum atomic E-state index is 0.252. The molecule has 0 heterocycles. The Hall–Kier alpha value is -1.06. The van der Waals surface area contributed by atoms with Gasteiger partial charge in [-0.15, -0.1) is 0 Å². The summed E-state index contributed by atoms with van der Waals surface area (Å²) in [6.45, 7) is 7.50. The van der Waals surface area contributed by atoms with Crippen LogP contribution >= 0.6 is 0 Å². The first kappa shape index (κ1) is 15.0. The van der Waals surface area contributed by atoms with Crippen LogP contribution in [0.25, 0.3) is 0 Å². The summed E-state index contributed by atoms with van der Waals surface area (Å²) in [6.07, 6.45) is 0.838. The molecule has 1 rings (SSSR count). The minimum absolute atomic E-state index is 0.252. The zero-order chi connectivity index (χ0) is 13.5. The number of nitrogens with one attached hydrogen (secondary N) is 1. The molecular formula is C15H25NO2. The molecule has 0 bridgehead atoms. The molecular weight excluding hydrogens is 226 g/mol. The topological polar surface area (TPSA) is 41.5 Å². The Morgan fingerprint density at radius 3 is 2.67 bits per heavy atom. The number of aliphatic hydroxyl groups is 1. The Bertz CT molecular complexity index is 366. The van der Waals surface area contributed by atoms with Crippen molar-refractivity contribution in [3.8, 4) is 5.75 Å². The van der Waals surface area contributed by atoms with Crippen molar-refractivity contribution in [1.82, 2.24) is 5.32 Å². The second-order valence-corrected chi connectivity index (χ2v) is 4.99. The summed E-state index contributed by atoms with van der Waals surface area (Å²) in [5, 5.41) is 12.4. The van der Waals surface area contributed by atoms with Crippen molar-refractivity contribution in [2.75, 3.05) is 20.3 Å². The van der Waals surface area contributed by atoms with Crippen LogP contribution < -0.4 is 10.1 Å². The van der Waals surface area contributed by atoms with E-state index in [1.165, 1.54) is 11.1 Å². The SMILES string of the molecule is COc1cc(C)ccc1C(C)NCC(C)CCO. The lowest BCUT2D eigenvalue weighted by Gasteiger charge is -2.20. The predicted octanol–water partition coefficient (Wildman–Crippen LogP) is 2.67. The van der Waals surface area contributed by atoms with E-state index in [4.69, 9.17) is 9.84 Å². The number of methoxy groups -OCH3 is 1. The first-order valence-electron chi connectivity index (χ1n) is 6.57. The van der Waals surface area contributed by atoms with Crippen molar-refractivity contribution in [2.24, 2.45) is 5.92 Å². The molecule has 3 nitrogen and oxygen atoms in total. The second kappa shape index (κ2) is 7.39. The molecule has 0 saturated heterocycles. The standard InChI is InChI=1S/C15H25NO2/c1-11-5-6-14(15(9-11)18-4)13(3)16-10-12(2)7-8-17/h5-6,9,12-13,16-17H,7-8,10H2,1-4H3. The average Bonchev–Trinajstić information content (AvgIpc) is 2.36. The molecule has 1 aromatic rings. The molecule has 0 aliphatic carbocycles. The van der Waals surface area contributed by atoms with Crippen molar-refractivity contribution >= 4 is 0 Å². The van der Waals surface area contributed by atoms with Crippen LogP contribution in [0.5, 0.6) is 5.75 Å². The summed E-state index contributed by atoms with van der Waals surface area (Å²) in [7, 11) is 1.71. The number of aliphatic hydroxyl groups excluding tert-OH is 1. The highest BCUT2D eigenvalue weighted by Gasteiger charge is 2.12. The highest BCUT2D eigenvalue weighted by molar-refractivity contribution is 5.38. The molecule has 2 N–H and O–H groups in total. The summed E-state index contributed by atoms with van der Waals surface area (Å²) in [5.41, 5.74) is 2.38. The molecule has 0 saturated carbocycles. The molecule has 0 fully saturated rings. The van der Waals surface area contributed by atoms with E-state index >= 15 is 0 Å². The highest BCUT2D eigenvalue weighted by Crippen LogP contribution is 2.26. The molecule has 3 heteroatoms. The van der Waals surface area contributed by atoms with Crippen molar-refractivity contribution in [3.05, 3.63) is 29.3 Å². The Morgan fingerprint density at radius 1 is 1.33 bits per heavy atom. The third-order valence-corrected chi connectivity index (χ3v) is 3.25. The minimum Gasteiger partial charge on any atom is -0.496 e. The van der Waals surface area contributed by atoms with Crippen LogP contribution in [0.15, 0.2) is 18.2 Å². The number of rotatable bonds is 7. The maximum Gasteiger partial charge on any atom is 0.123 e. The molecule has 2 unspecified atom stereocenters. The normalized spacial score (nSPS) is 14.3. The van der Waals surface area contributed by atoms with Crippen LogP contribution in [0.2, 0.25) is 0 Å². The van der Waals surface area contributed by atoms with E-state index in [1.807, 2.05) is 0 Å². The van der Waals surface area contributed by atoms with Gasteiger partial charge in [0.05, 0.1) is 7.11 Å². The van der Waals surface area contributed by atoms with E-state index in [1.54, 1.807) is 7.11 Å². The Balaban J connectivity index is 2.63. The zero-order valence-electron chi connectivity index (χ0n) is 11.9. The van der Waals surface area contributed by atoms with Gasteiger partial charge in [0, 0.05) is 18.2 Å². The number of hydrogen-bond donors (Lipinski definition) is 2. The zero-order valence-corrected chi connectivity index (χ0v) is 11.9. The van der Waals surface area contributed by atoms with Crippen LogP contribution in [-0.4, -0.2) is 25.4 Å². The van der Waals surface area contributed by atoms with Crippen LogP contribution in [-0.2, 0) is 0 Å². The number of benzene rings is 1. The number of ether oxygens (including phenoxy) is 1. The first-order valence-corrected chi connectivity index (χ1v) is 6.57. The fraction of sp³-hybridized carbons (Fsp3) is 0.600. The maximum atomic E-state index is 8.88. The average molecular weight is 251 g/mol. The van der Waals surface area contributed by atoms with E-state index in [0.717, 1.165) is 18.7 Å². The van der Waals surface area contributed by atoms with Crippen molar-refractivity contribution in [1.29, 1.82) is 0 Å². The van der Waals surface area contributed by atoms with Crippen LogP contribution in [0.1, 0.15) is 37.4 Å². The predicted molar refractivity (Wildman–Crippen MR) is 75.0 cm³/mol. The van der Waals surface area contributed by atoms with Gasteiger partial charge >= 0.3 is 0 Å². The quantitative estimate of drug-likeness (QED) is 0.783. The lowest BCUT2D eigenvalue weighted by atomic mass is 10.0. The Labute approximate surface area is 110 Å². The van der Waals surface area contributed by atoms with Gasteiger partial charge in [-0.2, -0.15) is 0 Å². The van der Waals surface area contributed by atoms with Crippen LogP contribution in [0.4, 0.5) is 0 Å². The van der Waals surface area contributed by atoms with Crippen molar-refractivity contribution in [2.45, 2.75) is 33.2 Å². The van der Waals surface area contributed by atoms with Crippen LogP contribution in [0.3, 0.4) is 0 Å². The van der Waals surface area contributed by atoms with Gasteiger partial charge < -0.3 is 15.2 Å². The third kappa shape index (κ3) is 4.31. The highest BCUT2D eigenvalue weighted by atomic mass is 16.5. The van der Waals surface area contributed by atoms with Gasteiger partial charge in [-0.1, -0.05) is 19.1 Å². The molecule has 18 heavy (non-hydrogen) atoms. The van der Waals surface area contributed by atoms with Crippen LogP contribution in [0, 0.1) is 12.8 Å². The van der Waals surface area contributed by atoms with Gasteiger partial charge in [0.2, 0.25) is 0 Å². The maximum absolute atomic E-state index is 8.88. The van der Waals surface area contributed by atoms with E-state index in [0.29, 0.717) is 5.92 Å². The summed E-state index contributed by atoms with van der Waals surface area (Å²) in [4.78, 5) is 0. The molecule has 102 valence electrons. The van der Waals surface area contributed by atoms with E-state index in [9.17, 15) is 0 Å². The molecule has 0 aliphatic rings. The number of aryl methyl sites for hydroxylation is 1. The molecule has 2 atom stereocenters. The summed E-state index contributed by atoms with van der Waals surface area (Å²) in [6, 6.07) is 6.53. The van der Waals surface area contributed by atoms with E-state index < -0.39 is 0 Å². The lowest BCUT2D eigenvalue weighted by molar-refractivity contribution is 0.258. The fourth-order valence-corrected chi connectivity index (χ4v) is 1.99. The third-order valence-electron chi connectivity index (χ3n) is 3.25. The van der Waals surface area contributed by atoms with Gasteiger partial charge in [-0.3, -0.25) is 0 Å². The number of hydrogen-bond acceptors (Lipinski definition) is 3. The van der Waals surface area contributed by atoms with E-state index in [2.05, 4.69) is 44.3 Å². The fourth-order valence-electron chi connectivity index (χ4n) is 1.99. The first-order chi connectivity index (χ1) is 8.58. The molecule has 1 aromatic carbocycles.